The SMILES string of the molecule is CC(C)NCc1ccc(F)c2ccccc12. The molecule has 2 aromatic carbocycles. The van der Waals surface area contributed by atoms with Crippen LogP contribution in [0.1, 0.15) is 19.4 Å². The van der Waals surface area contributed by atoms with Gasteiger partial charge in [-0.3, -0.25) is 0 Å². The standard InChI is InChI=1S/C14H16FN/c1-10(2)16-9-11-7-8-14(15)13-6-4-3-5-12(11)13/h3-8,10,16H,9H2,1-2H3. The summed E-state index contributed by atoms with van der Waals surface area (Å²) in [5.74, 6) is -0.149. The molecule has 0 aromatic heterocycles. The molecule has 0 aliphatic heterocycles. The van der Waals surface area contributed by atoms with Crippen LogP contribution in [0.5, 0.6) is 0 Å². The zero-order valence-electron chi connectivity index (χ0n) is 9.63. The maximum Gasteiger partial charge on any atom is 0.131 e. The van der Waals surface area contributed by atoms with Crippen molar-refractivity contribution in [2.24, 2.45) is 0 Å². The van der Waals surface area contributed by atoms with Gasteiger partial charge in [-0.25, -0.2) is 4.39 Å². The van der Waals surface area contributed by atoms with Gasteiger partial charge in [0.2, 0.25) is 0 Å². The molecule has 2 aromatic rings. The van der Waals surface area contributed by atoms with E-state index >= 15 is 0 Å². The fraction of sp³-hybridized carbons (Fsp3) is 0.286. The summed E-state index contributed by atoms with van der Waals surface area (Å²) in [4.78, 5) is 0. The molecule has 0 unspecified atom stereocenters. The summed E-state index contributed by atoms with van der Waals surface area (Å²) in [6.07, 6.45) is 0. The summed E-state index contributed by atoms with van der Waals surface area (Å²) in [6, 6.07) is 11.4. The molecule has 2 heteroatoms. The summed E-state index contributed by atoms with van der Waals surface area (Å²) in [5, 5.41) is 5.05. The number of benzene rings is 2. The summed E-state index contributed by atoms with van der Waals surface area (Å²) in [6.45, 7) is 4.98. The Morgan fingerprint density at radius 1 is 1.06 bits per heavy atom. The number of hydrogen-bond donors (Lipinski definition) is 1. The van der Waals surface area contributed by atoms with Gasteiger partial charge in [0.25, 0.3) is 0 Å². The quantitative estimate of drug-likeness (QED) is 0.830. The Labute approximate surface area is 95.3 Å². The molecule has 0 fully saturated rings. The second kappa shape index (κ2) is 4.62. The van der Waals surface area contributed by atoms with Gasteiger partial charge in [-0.15, -0.1) is 0 Å². The molecule has 0 amide bonds. The summed E-state index contributed by atoms with van der Waals surface area (Å²) in [5.41, 5.74) is 1.14. The van der Waals surface area contributed by atoms with E-state index in [0.717, 1.165) is 17.5 Å². The van der Waals surface area contributed by atoms with Gasteiger partial charge >= 0.3 is 0 Å². The van der Waals surface area contributed by atoms with E-state index in [4.69, 9.17) is 0 Å². The first-order valence-electron chi connectivity index (χ1n) is 5.58. The first-order chi connectivity index (χ1) is 7.68. The van der Waals surface area contributed by atoms with Crippen molar-refractivity contribution in [3.05, 3.63) is 47.8 Å². The predicted octanol–water partition coefficient (Wildman–Crippen LogP) is 3.48. The largest absolute Gasteiger partial charge is 0.310 e. The molecule has 0 radical (unpaired) electrons. The number of hydrogen-bond acceptors (Lipinski definition) is 1. The topological polar surface area (TPSA) is 12.0 Å². The van der Waals surface area contributed by atoms with Crippen LogP contribution >= 0.6 is 0 Å². The number of halogens is 1. The highest BCUT2D eigenvalue weighted by atomic mass is 19.1. The van der Waals surface area contributed by atoms with E-state index in [1.807, 2.05) is 30.3 Å². The Kier molecular flexibility index (Phi) is 3.20. The lowest BCUT2D eigenvalue weighted by Crippen LogP contribution is -2.21. The van der Waals surface area contributed by atoms with Crippen molar-refractivity contribution >= 4 is 10.8 Å². The van der Waals surface area contributed by atoms with Crippen molar-refractivity contribution in [1.82, 2.24) is 5.32 Å². The second-order valence-electron chi connectivity index (χ2n) is 4.29. The van der Waals surface area contributed by atoms with Crippen LogP contribution in [-0.2, 0) is 6.54 Å². The maximum absolute atomic E-state index is 13.5. The minimum Gasteiger partial charge on any atom is -0.310 e. The van der Waals surface area contributed by atoms with Crippen LogP contribution in [0, 0.1) is 5.82 Å². The molecule has 1 N–H and O–H groups in total. The molecule has 0 aliphatic rings. The lowest BCUT2D eigenvalue weighted by atomic mass is 10.0. The molecular weight excluding hydrogens is 201 g/mol. The van der Waals surface area contributed by atoms with E-state index in [0.29, 0.717) is 11.4 Å². The van der Waals surface area contributed by atoms with Gasteiger partial charge < -0.3 is 5.32 Å². The van der Waals surface area contributed by atoms with Crippen LogP contribution in [0.2, 0.25) is 0 Å². The molecule has 2 rings (SSSR count). The number of fused-ring (bicyclic) bond motifs is 1. The second-order valence-corrected chi connectivity index (χ2v) is 4.29. The summed E-state index contributed by atoms with van der Waals surface area (Å²) < 4.78 is 13.5. The van der Waals surface area contributed by atoms with Gasteiger partial charge in [0, 0.05) is 18.0 Å². The van der Waals surface area contributed by atoms with Gasteiger partial charge in [-0.1, -0.05) is 44.2 Å². The summed E-state index contributed by atoms with van der Waals surface area (Å²) in [7, 11) is 0. The predicted molar refractivity (Wildman–Crippen MR) is 65.9 cm³/mol. The third-order valence-corrected chi connectivity index (χ3v) is 2.66. The van der Waals surface area contributed by atoms with Gasteiger partial charge in [0.1, 0.15) is 5.82 Å². The maximum atomic E-state index is 13.5. The van der Waals surface area contributed by atoms with Crippen LogP contribution in [0.15, 0.2) is 36.4 Å². The monoisotopic (exact) mass is 217 g/mol. The highest BCUT2D eigenvalue weighted by molar-refractivity contribution is 5.86. The molecule has 0 heterocycles. The molecule has 1 nitrogen and oxygen atoms in total. The van der Waals surface area contributed by atoms with Gasteiger partial charge in [0.15, 0.2) is 0 Å². The highest BCUT2D eigenvalue weighted by Crippen LogP contribution is 2.21. The molecule has 0 saturated carbocycles. The van der Waals surface area contributed by atoms with E-state index in [2.05, 4.69) is 19.2 Å². The number of nitrogens with one attached hydrogen (secondary N) is 1. The van der Waals surface area contributed by atoms with Crippen LogP contribution in [-0.4, -0.2) is 6.04 Å². The normalized spacial score (nSPS) is 11.2. The van der Waals surface area contributed by atoms with Crippen molar-refractivity contribution in [1.29, 1.82) is 0 Å². The van der Waals surface area contributed by atoms with Crippen molar-refractivity contribution < 1.29 is 4.39 Å². The average Bonchev–Trinajstić information content (AvgIpc) is 2.28. The zero-order valence-corrected chi connectivity index (χ0v) is 9.63. The first-order valence-corrected chi connectivity index (χ1v) is 5.58. The molecule has 0 aliphatic carbocycles. The van der Waals surface area contributed by atoms with Gasteiger partial charge in [0.05, 0.1) is 0 Å². The number of rotatable bonds is 3. The smallest absolute Gasteiger partial charge is 0.131 e. The van der Waals surface area contributed by atoms with Gasteiger partial charge in [-0.2, -0.15) is 0 Å². The molecule has 0 atom stereocenters. The minimum atomic E-state index is -0.149. The molecule has 84 valence electrons. The third kappa shape index (κ3) is 2.22. The minimum absolute atomic E-state index is 0.149. The Balaban J connectivity index is 2.42. The Morgan fingerprint density at radius 2 is 1.75 bits per heavy atom. The van der Waals surface area contributed by atoms with Crippen LogP contribution < -0.4 is 5.32 Å². The third-order valence-electron chi connectivity index (χ3n) is 2.66. The lowest BCUT2D eigenvalue weighted by molar-refractivity contribution is 0.589. The Morgan fingerprint density at radius 3 is 2.44 bits per heavy atom. The average molecular weight is 217 g/mol. The fourth-order valence-corrected chi connectivity index (χ4v) is 1.79. The van der Waals surface area contributed by atoms with E-state index in [-0.39, 0.29) is 5.82 Å². The van der Waals surface area contributed by atoms with Crippen molar-refractivity contribution in [3.8, 4) is 0 Å². The lowest BCUT2D eigenvalue weighted by Gasteiger charge is -2.11. The summed E-state index contributed by atoms with van der Waals surface area (Å²) >= 11 is 0. The Hall–Kier alpha value is -1.41. The first kappa shape index (κ1) is 11.1. The molecule has 16 heavy (non-hydrogen) atoms. The molecule has 0 spiro atoms. The van der Waals surface area contributed by atoms with Crippen LogP contribution in [0.3, 0.4) is 0 Å². The van der Waals surface area contributed by atoms with Crippen LogP contribution in [0.25, 0.3) is 10.8 Å². The van der Waals surface area contributed by atoms with E-state index in [1.54, 1.807) is 6.07 Å². The molecule has 0 saturated heterocycles. The van der Waals surface area contributed by atoms with Crippen LogP contribution in [0.4, 0.5) is 4.39 Å². The van der Waals surface area contributed by atoms with E-state index < -0.39 is 0 Å². The molecule has 0 bridgehead atoms. The van der Waals surface area contributed by atoms with E-state index in [9.17, 15) is 4.39 Å². The van der Waals surface area contributed by atoms with Gasteiger partial charge in [-0.05, 0) is 17.0 Å². The van der Waals surface area contributed by atoms with Crippen molar-refractivity contribution in [3.63, 3.8) is 0 Å². The van der Waals surface area contributed by atoms with E-state index in [1.165, 1.54) is 0 Å². The Bertz CT molecular complexity index is 491. The molecular formula is C14H16FN. The fourth-order valence-electron chi connectivity index (χ4n) is 1.79. The van der Waals surface area contributed by atoms with Crippen molar-refractivity contribution in [2.45, 2.75) is 26.4 Å². The van der Waals surface area contributed by atoms with Crippen molar-refractivity contribution in [2.75, 3.05) is 0 Å². The highest BCUT2D eigenvalue weighted by Gasteiger charge is 2.05. The zero-order chi connectivity index (χ0) is 11.5.